The van der Waals surface area contributed by atoms with Gasteiger partial charge in [0.25, 0.3) is 5.91 Å². The smallest absolute Gasteiger partial charge is 0.283 e. The summed E-state index contributed by atoms with van der Waals surface area (Å²) < 4.78 is 2.18. The first-order valence-electron chi connectivity index (χ1n) is 9.55. The molecule has 6 nitrogen and oxygen atoms in total. The SMILES string of the molecule is CCC1=NN2C(=N)/C(=C/c3cc(C)n(-c4cc(C)cc(C)c4)c3C)C(=O)N=C2S1. The van der Waals surface area contributed by atoms with E-state index in [1.54, 1.807) is 6.08 Å². The van der Waals surface area contributed by atoms with Gasteiger partial charge in [0, 0.05) is 17.1 Å². The standard InChI is InChI=1S/C22H23N5OS/c1-6-19-25-27-20(23)18(21(28)24-22(27)29-19)11-16-10-14(4)26(15(16)5)17-8-12(2)7-13(3)9-17/h7-11,23H,6H2,1-5H3/b18-11-,23-20?. The number of thioether (sulfide) groups is 1. The van der Waals surface area contributed by atoms with Crippen LogP contribution >= 0.6 is 11.8 Å². The maximum absolute atomic E-state index is 12.6. The number of aryl methyl sites for hydroxylation is 3. The van der Waals surface area contributed by atoms with Crippen molar-refractivity contribution in [3.63, 3.8) is 0 Å². The zero-order chi connectivity index (χ0) is 20.9. The molecule has 0 bridgehead atoms. The van der Waals surface area contributed by atoms with E-state index in [1.807, 2.05) is 26.8 Å². The van der Waals surface area contributed by atoms with Crippen LogP contribution < -0.4 is 0 Å². The second-order valence-electron chi connectivity index (χ2n) is 7.38. The van der Waals surface area contributed by atoms with Crippen molar-refractivity contribution in [1.29, 1.82) is 5.41 Å². The Bertz CT molecular complexity index is 1130. The number of nitrogens with one attached hydrogen (secondary N) is 1. The third-order valence-electron chi connectivity index (χ3n) is 5.03. The number of aliphatic imine (C=N–C) groups is 1. The molecule has 4 rings (SSSR count). The summed E-state index contributed by atoms with van der Waals surface area (Å²) in [6.45, 7) is 10.2. The Morgan fingerprint density at radius 3 is 2.45 bits per heavy atom. The van der Waals surface area contributed by atoms with E-state index in [0.29, 0.717) is 5.17 Å². The Labute approximate surface area is 174 Å². The van der Waals surface area contributed by atoms with Gasteiger partial charge in [-0.25, -0.2) is 0 Å². The number of hydrogen-bond acceptors (Lipinski definition) is 4. The van der Waals surface area contributed by atoms with E-state index in [9.17, 15) is 4.79 Å². The van der Waals surface area contributed by atoms with Crippen molar-refractivity contribution in [2.45, 2.75) is 41.0 Å². The number of hydrazone groups is 1. The zero-order valence-electron chi connectivity index (χ0n) is 17.2. The van der Waals surface area contributed by atoms with Crippen LogP contribution in [0.5, 0.6) is 0 Å². The molecule has 2 aliphatic heterocycles. The van der Waals surface area contributed by atoms with Gasteiger partial charge in [0.1, 0.15) is 5.04 Å². The maximum Gasteiger partial charge on any atom is 0.283 e. The Hall–Kier alpha value is -2.93. The van der Waals surface area contributed by atoms with Gasteiger partial charge in [-0.15, -0.1) is 0 Å². The molecule has 7 heteroatoms. The minimum Gasteiger partial charge on any atom is -0.318 e. The highest BCUT2D eigenvalue weighted by molar-refractivity contribution is 8.26. The minimum absolute atomic E-state index is 0.0761. The van der Waals surface area contributed by atoms with E-state index in [2.05, 4.69) is 46.7 Å². The average molecular weight is 406 g/mol. The molecule has 0 radical (unpaired) electrons. The predicted octanol–water partition coefficient (Wildman–Crippen LogP) is 4.74. The molecule has 0 aliphatic carbocycles. The lowest BCUT2D eigenvalue weighted by Crippen LogP contribution is -2.35. The molecule has 2 aromatic rings. The molecular weight excluding hydrogens is 382 g/mol. The zero-order valence-corrected chi connectivity index (χ0v) is 18.0. The van der Waals surface area contributed by atoms with Crippen LogP contribution in [0.25, 0.3) is 11.8 Å². The number of amidine groups is 2. The number of benzene rings is 1. The molecule has 0 atom stereocenters. The van der Waals surface area contributed by atoms with Crippen molar-refractivity contribution >= 4 is 39.8 Å². The van der Waals surface area contributed by atoms with Crippen LogP contribution in [0.15, 0.2) is 39.9 Å². The Morgan fingerprint density at radius 2 is 1.79 bits per heavy atom. The normalized spacial score (nSPS) is 17.7. The van der Waals surface area contributed by atoms with E-state index in [1.165, 1.54) is 27.9 Å². The predicted molar refractivity (Wildman–Crippen MR) is 120 cm³/mol. The molecule has 3 heterocycles. The minimum atomic E-state index is -0.391. The van der Waals surface area contributed by atoms with Crippen molar-refractivity contribution in [3.8, 4) is 5.69 Å². The van der Waals surface area contributed by atoms with Crippen molar-refractivity contribution in [1.82, 2.24) is 9.58 Å². The largest absolute Gasteiger partial charge is 0.318 e. The molecule has 1 amide bonds. The van der Waals surface area contributed by atoms with E-state index in [-0.39, 0.29) is 11.4 Å². The lowest BCUT2D eigenvalue weighted by Gasteiger charge is -2.20. The molecule has 1 aromatic carbocycles. The first-order chi connectivity index (χ1) is 13.8. The highest BCUT2D eigenvalue weighted by Crippen LogP contribution is 2.30. The van der Waals surface area contributed by atoms with E-state index in [4.69, 9.17) is 5.41 Å². The topological polar surface area (TPSA) is 73.8 Å². The molecular formula is C22H23N5OS. The van der Waals surface area contributed by atoms with Crippen molar-refractivity contribution in [2.24, 2.45) is 10.1 Å². The first kappa shape index (κ1) is 19.4. The monoisotopic (exact) mass is 405 g/mol. The van der Waals surface area contributed by atoms with Crippen LogP contribution in [0.2, 0.25) is 0 Å². The second kappa shape index (κ2) is 7.15. The summed E-state index contributed by atoms with van der Waals surface area (Å²) in [4.78, 5) is 16.8. The molecule has 0 spiro atoms. The molecule has 0 saturated heterocycles. The number of hydrogen-bond donors (Lipinski definition) is 1. The van der Waals surface area contributed by atoms with E-state index >= 15 is 0 Å². The van der Waals surface area contributed by atoms with Crippen molar-refractivity contribution < 1.29 is 4.79 Å². The summed E-state index contributed by atoms with van der Waals surface area (Å²) in [7, 11) is 0. The summed E-state index contributed by atoms with van der Waals surface area (Å²) in [6.07, 6.45) is 2.51. The fourth-order valence-corrected chi connectivity index (χ4v) is 4.57. The summed E-state index contributed by atoms with van der Waals surface area (Å²) >= 11 is 1.35. The number of carbonyl (C=O) groups is 1. The van der Waals surface area contributed by atoms with Crippen molar-refractivity contribution in [3.05, 3.63) is 57.9 Å². The van der Waals surface area contributed by atoms with E-state index in [0.717, 1.165) is 34.1 Å². The average Bonchev–Trinajstić information content (AvgIpc) is 3.18. The third kappa shape index (κ3) is 3.35. The summed E-state index contributed by atoms with van der Waals surface area (Å²) in [6, 6.07) is 8.49. The highest BCUT2D eigenvalue weighted by Gasteiger charge is 2.35. The van der Waals surface area contributed by atoms with Crippen LogP contribution in [0, 0.1) is 33.1 Å². The molecule has 2 aliphatic rings. The molecule has 0 saturated carbocycles. The van der Waals surface area contributed by atoms with Gasteiger partial charge in [-0.05, 0) is 86.8 Å². The third-order valence-corrected chi connectivity index (χ3v) is 6.09. The van der Waals surface area contributed by atoms with Gasteiger partial charge in [-0.1, -0.05) is 13.0 Å². The lowest BCUT2D eigenvalue weighted by atomic mass is 10.1. The second-order valence-corrected chi connectivity index (χ2v) is 8.42. The fraction of sp³-hybridized carbons (Fsp3) is 0.273. The van der Waals surface area contributed by atoms with Crippen LogP contribution in [0.4, 0.5) is 0 Å². The maximum atomic E-state index is 12.6. The molecule has 0 fully saturated rings. The Kier molecular flexibility index (Phi) is 4.78. The van der Waals surface area contributed by atoms with Crippen LogP contribution in [0.1, 0.15) is 41.4 Å². The molecule has 29 heavy (non-hydrogen) atoms. The summed E-state index contributed by atoms with van der Waals surface area (Å²) in [5.41, 5.74) is 6.76. The number of aromatic nitrogens is 1. The summed E-state index contributed by atoms with van der Waals surface area (Å²) in [5, 5.41) is 15.7. The first-order valence-corrected chi connectivity index (χ1v) is 10.4. The van der Waals surface area contributed by atoms with Crippen LogP contribution in [-0.2, 0) is 4.79 Å². The van der Waals surface area contributed by atoms with Gasteiger partial charge in [0.05, 0.1) is 5.57 Å². The quantitative estimate of drug-likeness (QED) is 0.750. The van der Waals surface area contributed by atoms with E-state index < -0.39 is 5.91 Å². The van der Waals surface area contributed by atoms with Gasteiger partial charge in [-0.2, -0.15) is 15.1 Å². The lowest BCUT2D eigenvalue weighted by molar-refractivity contribution is -0.114. The van der Waals surface area contributed by atoms with Crippen molar-refractivity contribution in [2.75, 3.05) is 0 Å². The Balaban J connectivity index is 1.77. The fourth-order valence-electron chi connectivity index (χ4n) is 3.74. The number of carbonyl (C=O) groups excluding carboxylic acids is 1. The van der Waals surface area contributed by atoms with Gasteiger partial charge in [0.15, 0.2) is 5.84 Å². The van der Waals surface area contributed by atoms with Gasteiger partial charge in [-0.3, -0.25) is 10.2 Å². The van der Waals surface area contributed by atoms with Crippen LogP contribution in [0.3, 0.4) is 0 Å². The Morgan fingerprint density at radius 1 is 1.10 bits per heavy atom. The number of fused-ring (bicyclic) bond motifs is 1. The van der Waals surface area contributed by atoms with Crippen LogP contribution in [-0.4, -0.2) is 31.5 Å². The molecule has 148 valence electrons. The van der Waals surface area contributed by atoms with Gasteiger partial charge < -0.3 is 4.57 Å². The van der Waals surface area contributed by atoms with Gasteiger partial charge in [0.2, 0.25) is 5.17 Å². The number of nitrogens with zero attached hydrogens (tertiary/aromatic N) is 4. The number of amides is 1. The van der Waals surface area contributed by atoms with Gasteiger partial charge >= 0.3 is 0 Å². The molecule has 0 unspecified atom stereocenters. The molecule has 1 N–H and O–H groups in total. The summed E-state index contributed by atoms with van der Waals surface area (Å²) in [5.74, 6) is -0.315. The highest BCUT2D eigenvalue weighted by atomic mass is 32.2. The molecule has 1 aromatic heterocycles. The number of rotatable bonds is 3.